The molecule has 1 N–H and O–H groups in total. The SMILES string of the molecule is COC(=O)C(C)(C)N(C(=O)CCP(=O)(O)CCc1ccccc1)c1cc(-c2ccccc2)ccc1C. The molecule has 1 atom stereocenters. The van der Waals surface area contributed by atoms with Gasteiger partial charge in [-0.1, -0.05) is 72.8 Å². The van der Waals surface area contributed by atoms with Gasteiger partial charge in [0.1, 0.15) is 5.54 Å². The van der Waals surface area contributed by atoms with Gasteiger partial charge in [-0.15, -0.1) is 0 Å². The van der Waals surface area contributed by atoms with Crippen molar-refractivity contribution < 1.29 is 23.8 Å². The van der Waals surface area contributed by atoms with Gasteiger partial charge >= 0.3 is 5.97 Å². The molecule has 190 valence electrons. The number of hydrogen-bond acceptors (Lipinski definition) is 4. The molecule has 0 bridgehead atoms. The summed E-state index contributed by atoms with van der Waals surface area (Å²) < 4.78 is 17.9. The number of methoxy groups -OCH3 is 1. The van der Waals surface area contributed by atoms with Crippen molar-refractivity contribution in [3.63, 3.8) is 0 Å². The third kappa shape index (κ3) is 6.71. The van der Waals surface area contributed by atoms with E-state index in [1.54, 1.807) is 13.8 Å². The highest BCUT2D eigenvalue weighted by atomic mass is 31.2. The Balaban J connectivity index is 1.88. The van der Waals surface area contributed by atoms with E-state index in [4.69, 9.17) is 4.74 Å². The summed E-state index contributed by atoms with van der Waals surface area (Å²) in [5.41, 5.74) is 2.88. The number of rotatable bonds is 10. The molecule has 0 radical (unpaired) electrons. The van der Waals surface area contributed by atoms with Crippen molar-refractivity contribution in [3.05, 3.63) is 90.0 Å². The number of carbonyl (C=O) groups excluding carboxylic acids is 2. The fraction of sp³-hybridized carbons (Fsp3) is 0.310. The van der Waals surface area contributed by atoms with E-state index in [1.165, 1.54) is 12.0 Å². The number of amides is 1. The van der Waals surface area contributed by atoms with Crippen LogP contribution < -0.4 is 4.90 Å². The van der Waals surface area contributed by atoms with Crippen molar-refractivity contribution in [1.82, 2.24) is 0 Å². The van der Waals surface area contributed by atoms with Crippen LogP contribution in [-0.4, -0.2) is 41.7 Å². The molecule has 0 heterocycles. The van der Waals surface area contributed by atoms with Crippen LogP contribution in [0.1, 0.15) is 31.4 Å². The number of nitrogens with zero attached hydrogens (tertiary/aromatic N) is 1. The topological polar surface area (TPSA) is 83.9 Å². The molecule has 36 heavy (non-hydrogen) atoms. The van der Waals surface area contributed by atoms with Crippen LogP contribution in [0.25, 0.3) is 11.1 Å². The summed E-state index contributed by atoms with van der Waals surface area (Å²) in [6.45, 7) is 5.12. The first kappa shape index (κ1) is 27.4. The van der Waals surface area contributed by atoms with E-state index in [0.717, 1.165) is 22.3 Å². The second kappa shape index (κ2) is 11.7. The van der Waals surface area contributed by atoms with E-state index in [-0.39, 0.29) is 18.7 Å². The van der Waals surface area contributed by atoms with Gasteiger partial charge in [-0.2, -0.15) is 0 Å². The van der Waals surface area contributed by atoms with E-state index in [2.05, 4.69) is 0 Å². The predicted octanol–water partition coefficient (Wildman–Crippen LogP) is 5.85. The molecule has 0 saturated carbocycles. The van der Waals surface area contributed by atoms with Crippen LogP contribution >= 0.6 is 7.37 Å². The van der Waals surface area contributed by atoms with Gasteiger partial charge in [0.2, 0.25) is 13.3 Å². The highest BCUT2D eigenvalue weighted by molar-refractivity contribution is 7.58. The van der Waals surface area contributed by atoms with Crippen molar-refractivity contribution in [2.24, 2.45) is 0 Å². The number of ether oxygens (including phenoxy) is 1. The van der Waals surface area contributed by atoms with E-state index in [0.29, 0.717) is 12.1 Å². The van der Waals surface area contributed by atoms with Gasteiger partial charge in [-0.25, -0.2) is 4.79 Å². The average Bonchev–Trinajstić information content (AvgIpc) is 2.88. The smallest absolute Gasteiger partial charge is 0.331 e. The molecule has 3 aromatic carbocycles. The fourth-order valence-electron chi connectivity index (χ4n) is 4.19. The Morgan fingerprint density at radius 3 is 2.14 bits per heavy atom. The highest BCUT2D eigenvalue weighted by Gasteiger charge is 2.41. The quantitative estimate of drug-likeness (QED) is 0.275. The minimum absolute atomic E-state index is 0.0905. The van der Waals surface area contributed by atoms with E-state index < -0.39 is 24.8 Å². The third-order valence-electron chi connectivity index (χ3n) is 6.32. The number of carbonyl (C=O) groups is 2. The average molecular weight is 508 g/mol. The minimum Gasteiger partial charge on any atom is -0.467 e. The van der Waals surface area contributed by atoms with Crippen LogP contribution in [0.2, 0.25) is 0 Å². The lowest BCUT2D eigenvalue weighted by Crippen LogP contribution is -2.54. The lowest BCUT2D eigenvalue weighted by atomic mass is 9.97. The van der Waals surface area contributed by atoms with Gasteiger partial charge in [0.15, 0.2) is 0 Å². The van der Waals surface area contributed by atoms with E-state index in [1.807, 2.05) is 85.8 Å². The van der Waals surface area contributed by atoms with Gasteiger partial charge in [0.25, 0.3) is 0 Å². The van der Waals surface area contributed by atoms with Crippen molar-refractivity contribution in [2.45, 2.75) is 39.2 Å². The largest absolute Gasteiger partial charge is 0.467 e. The maximum Gasteiger partial charge on any atom is 0.331 e. The van der Waals surface area contributed by atoms with E-state index >= 15 is 0 Å². The van der Waals surface area contributed by atoms with Gasteiger partial charge < -0.3 is 9.63 Å². The Labute approximate surface area is 213 Å². The zero-order valence-corrected chi connectivity index (χ0v) is 22.2. The Hall–Kier alpha value is -3.21. The highest BCUT2D eigenvalue weighted by Crippen LogP contribution is 2.42. The zero-order chi connectivity index (χ0) is 26.3. The molecule has 0 fully saturated rings. The molecular formula is C29H34NO5P. The fourth-order valence-corrected chi connectivity index (χ4v) is 5.56. The van der Waals surface area contributed by atoms with Crippen LogP contribution in [0.15, 0.2) is 78.9 Å². The Morgan fingerprint density at radius 1 is 0.917 bits per heavy atom. The summed E-state index contributed by atoms with van der Waals surface area (Å²) in [6.07, 6.45) is 0.216. The van der Waals surface area contributed by atoms with Crippen molar-refractivity contribution in [2.75, 3.05) is 24.3 Å². The first-order valence-corrected chi connectivity index (χ1v) is 14.0. The molecule has 0 saturated heterocycles. The number of benzene rings is 3. The van der Waals surface area contributed by atoms with Crippen LogP contribution in [-0.2, 0) is 25.3 Å². The van der Waals surface area contributed by atoms with Gasteiger partial charge in [0, 0.05) is 24.4 Å². The summed E-state index contributed by atoms with van der Waals surface area (Å²) in [7, 11) is -2.28. The predicted molar refractivity (Wildman–Crippen MR) is 145 cm³/mol. The number of anilines is 1. The molecule has 0 aliphatic rings. The zero-order valence-electron chi connectivity index (χ0n) is 21.3. The van der Waals surface area contributed by atoms with Crippen molar-refractivity contribution >= 4 is 24.9 Å². The summed E-state index contributed by atoms with van der Waals surface area (Å²) >= 11 is 0. The maximum absolute atomic E-state index is 13.6. The molecule has 0 aliphatic heterocycles. The standard InChI is InChI=1S/C29H34NO5P/c1-22-15-16-25(24-13-9-6-10-14-24)21-26(22)30(29(2,3)28(32)35-4)27(31)18-20-36(33,34)19-17-23-11-7-5-8-12-23/h5-16,21H,17-20H2,1-4H3,(H,33,34). The summed E-state index contributed by atoms with van der Waals surface area (Å²) in [4.78, 5) is 38.4. The second-order valence-corrected chi connectivity index (χ2v) is 12.0. The lowest BCUT2D eigenvalue weighted by molar-refractivity contribution is -0.147. The maximum atomic E-state index is 13.6. The number of hydrogen-bond donors (Lipinski definition) is 1. The third-order valence-corrected chi connectivity index (χ3v) is 8.16. The van der Waals surface area contributed by atoms with Crippen LogP contribution in [0.5, 0.6) is 0 Å². The first-order valence-electron chi connectivity index (χ1n) is 12.0. The van der Waals surface area contributed by atoms with Crippen LogP contribution in [0.4, 0.5) is 5.69 Å². The van der Waals surface area contributed by atoms with Crippen LogP contribution in [0, 0.1) is 6.92 Å². The molecule has 0 aliphatic carbocycles. The molecule has 3 aromatic rings. The van der Waals surface area contributed by atoms with Gasteiger partial charge in [-0.3, -0.25) is 14.3 Å². The van der Waals surface area contributed by atoms with Crippen molar-refractivity contribution in [1.29, 1.82) is 0 Å². The van der Waals surface area contributed by atoms with Crippen LogP contribution in [0.3, 0.4) is 0 Å². The summed E-state index contributed by atoms with van der Waals surface area (Å²) in [5.74, 6) is -0.982. The molecular weight excluding hydrogens is 473 g/mol. The Morgan fingerprint density at radius 2 is 1.53 bits per heavy atom. The Kier molecular flexibility index (Phi) is 8.89. The number of aryl methyl sites for hydroxylation is 2. The lowest BCUT2D eigenvalue weighted by Gasteiger charge is -2.37. The summed E-state index contributed by atoms with van der Waals surface area (Å²) in [5, 5.41) is 0. The Bertz CT molecular complexity index is 1240. The minimum atomic E-state index is -3.56. The van der Waals surface area contributed by atoms with E-state index in [9.17, 15) is 19.0 Å². The molecule has 7 heteroatoms. The first-order chi connectivity index (χ1) is 17.0. The molecule has 1 amide bonds. The monoisotopic (exact) mass is 507 g/mol. The second-order valence-electron chi connectivity index (χ2n) is 9.43. The molecule has 3 rings (SSSR count). The number of esters is 1. The molecule has 0 spiro atoms. The van der Waals surface area contributed by atoms with Gasteiger partial charge in [-0.05, 0) is 55.5 Å². The van der Waals surface area contributed by atoms with Gasteiger partial charge in [0.05, 0.1) is 7.11 Å². The molecule has 0 aromatic heterocycles. The normalized spacial score (nSPS) is 13.0. The molecule has 1 unspecified atom stereocenters. The molecule has 6 nitrogen and oxygen atoms in total. The summed E-state index contributed by atoms with van der Waals surface area (Å²) in [6, 6.07) is 25.0. The van der Waals surface area contributed by atoms with Crippen molar-refractivity contribution in [3.8, 4) is 11.1 Å².